The molecule has 136 valence electrons. The Kier molecular flexibility index (Phi) is 4.43. The predicted octanol–water partition coefficient (Wildman–Crippen LogP) is 5.23. The van der Waals surface area contributed by atoms with E-state index in [4.69, 9.17) is 5.10 Å². The summed E-state index contributed by atoms with van der Waals surface area (Å²) in [5.74, 6) is 1.04. The van der Waals surface area contributed by atoms with E-state index < -0.39 is 0 Å². The van der Waals surface area contributed by atoms with Gasteiger partial charge in [-0.1, -0.05) is 102 Å². The van der Waals surface area contributed by atoms with Gasteiger partial charge in [-0.2, -0.15) is 9.61 Å². The number of benzene rings is 3. The molecule has 0 aliphatic carbocycles. The first-order valence-electron chi connectivity index (χ1n) is 9.25. The van der Waals surface area contributed by atoms with Gasteiger partial charge in [0.15, 0.2) is 5.82 Å². The van der Waals surface area contributed by atoms with Gasteiger partial charge in [-0.15, -0.1) is 10.2 Å². The minimum atomic E-state index is 0.256. The van der Waals surface area contributed by atoms with Crippen LogP contribution in [0.25, 0.3) is 16.3 Å². The van der Waals surface area contributed by atoms with Gasteiger partial charge in [-0.25, -0.2) is 0 Å². The Bertz CT molecular complexity index is 1140. The van der Waals surface area contributed by atoms with Crippen molar-refractivity contribution in [1.29, 1.82) is 0 Å². The molecule has 2 aromatic heterocycles. The summed E-state index contributed by atoms with van der Waals surface area (Å²) in [7, 11) is 0. The summed E-state index contributed by atoms with van der Waals surface area (Å²) in [4.78, 5) is 0.828. The van der Waals surface area contributed by atoms with E-state index in [2.05, 4.69) is 70.9 Å². The van der Waals surface area contributed by atoms with Gasteiger partial charge in [0.1, 0.15) is 5.01 Å². The molecule has 5 aromatic rings. The third-order valence-electron chi connectivity index (χ3n) is 4.85. The van der Waals surface area contributed by atoms with Crippen molar-refractivity contribution in [1.82, 2.24) is 19.8 Å². The maximum atomic E-state index is 4.85. The highest BCUT2D eigenvalue weighted by atomic mass is 32.1. The minimum Gasteiger partial charge on any atom is -0.183 e. The molecule has 4 nitrogen and oxygen atoms in total. The molecule has 0 bridgehead atoms. The number of fused-ring (bicyclic) bond motifs is 1. The Morgan fingerprint density at radius 2 is 1.29 bits per heavy atom. The van der Waals surface area contributed by atoms with E-state index >= 15 is 0 Å². The highest BCUT2D eigenvalue weighted by Crippen LogP contribution is 2.30. The van der Waals surface area contributed by atoms with Crippen LogP contribution in [0.3, 0.4) is 0 Å². The summed E-state index contributed by atoms with van der Waals surface area (Å²) in [6, 6.07) is 31.3. The Morgan fingerprint density at radius 3 is 1.89 bits per heavy atom. The molecule has 0 radical (unpaired) electrons. The molecule has 2 heterocycles. The average Bonchev–Trinajstić information content (AvgIpc) is 3.34. The van der Waals surface area contributed by atoms with Crippen molar-refractivity contribution in [2.24, 2.45) is 0 Å². The van der Waals surface area contributed by atoms with E-state index in [9.17, 15) is 0 Å². The molecule has 5 heteroatoms. The van der Waals surface area contributed by atoms with Crippen molar-refractivity contribution in [3.8, 4) is 11.4 Å². The van der Waals surface area contributed by atoms with E-state index in [1.54, 1.807) is 11.3 Å². The third kappa shape index (κ3) is 3.21. The van der Waals surface area contributed by atoms with Crippen LogP contribution in [0.2, 0.25) is 0 Å². The molecule has 3 aromatic carbocycles. The first-order valence-corrected chi connectivity index (χ1v) is 10.1. The van der Waals surface area contributed by atoms with Gasteiger partial charge < -0.3 is 0 Å². The molecule has 0 atom stereocenters. The zero-order valence-electron chi connectivity index (χ0n) is 15.1. The second-order valence-corrected chi connectivity index (χ2v) is 7.70. The van der Waals surface area contributed by atoms with Crippen LogP contribution in [0, 0.1) is 0 Å². The molecule has 0 fully saturated rings. The largest absolute Gasteiger partial charge is 0.234 e. The summed E-state index contributed by atoms with van der Waals surface area (Å²) in [5, 5.41) is 14.6. The summed E-state index contributed by atoms with van der Waals surface area (Å²) in [5.41, 5.74) is 3.61. The minimum absolute atomic E-state index is 0.256. The maximum absolute atomic E-state index is 4.85. The fourth-order valence-corrected chi connectivity index (χ4v) is 4.36. The van der Waals surface area contributed by atoms with Crippen LogP contribution in [-0.4, -0.2) is 19.8 Å². The smallest absolute Gasteiger partial charge is 0.183 e. The Morgan fingerprint density at radius 1 is 0.714 bits per heavy atom. The fraction of sp³-hybridized carbons (Fsp3) is 0.0870. The van der Waals surface area contributed by atoms with Crippen molar-refractivity contribution in [3.63, 3.8) is 0 Å². The molecule has 0 spiro atoms. The van der Waals surface area contributed by atoms with Gasteiger partial charge in [-0.05, 0) is 11.1 Å². The molecular weight excluding hydrogens is 364 g/mol. The molecule has 5 rings (SSSR count). The lowest BCUT2D eigenvalue weighted by atomic mass is 9.89. The molecule has 0 aliphatic heterocycles. The van der Waals surface area contributed by atoms with Gasteiger partial charge in [0.05, 0.1) is 0 Å². The van der Waals surface area contributed by atoms with E-state index in [1.807, 2.05) is 34.8 Å². The first kappa shape index (κ1) is 16.8. The Labute approximate surface area is 167 Å². The van der Waals surface area contributed by atoms with Crippen LogP contribution >= 0.6 is 11.3 Å². The van der Waals surface area contributed by atoms with Crippen LogP contribution in [0.5, 0.6) is 0 Å². The second-order valence-electron chi connectivity index (χ2n) is 6.66. The van der Waals surface area contributed by atoms with Crippen molar-refractivity contribution < 1.29 is 0 Å². The zero-order valence-corrected chi connectivity index (χ0v) is 16.0. The van der Waals surface area contributed by atoms with Gasteiger partial charge in [0, 0.05) is 17.9 Å². The predicted molar refractivity (Wildman–Crippen MR) is 113 cm³/mol. The summed E-state index contributed by atoms with van der Waals surface area (Å²) >= 11 is 1.61. The quantitative estimate of drug-likeness (QED) is 0.418. The SMILES string of the molecule is c1ccc(-c2nnc3sc(CC(c4ccccc4)c4ccccc4)nn23)cc1. The van der Waals surface area contributed by atoms with Gasteiger partial charge in [-0.3, -0.25) is 0 Å². The van der Waals surface area contributed by atoms with E-state index in [0.29, 0.717) is 0 Å². The highest BCUT2D eigenvalue weighted by molar-refractivity contribution is 7.16. The lowest BCUT2D eigenvalue weighted by molar-refractivity contribution is 0.774. The molecular formula is C23H18N4S. The van der Waals surface area contributed by atoms with Crippen LogP contribution in [0.4, 0.5) is 0 Å². The molecule has 0 aliphatic rings. The van der Waals surface area contributed by atoms with Crippen molar-refractivity contribution in [3.05, 3.63) is 107 Å². The van der Waals surface area contributed by atoms with E-state index in [1.165, 1.54) is 11.1 Å². The number of nitrogens with zero attached hydrogens (tertiary/aromatic N) is 4. The number of aromatic nitrogens is 4. The molecule has 0 unspecified atom stereocenters. The second kappa shape index (κ2) is 7.37. The van der Waals surface area contributed by atoms with Gasteiger partial charge in [0.2, 0.25) is 4.96 Å². The normalized spacial score (nSPS) is 11.3. The lowest BCUT2D eigenvalue weighted by Gasteiger charge is -2.16. The summed E-state index contributed by atoms with van der Waals surface area (Å²) in [6.45, 7) is 0. The number of hydrogen-bond acceptors (Lipinski definition) is 4. The van der Waals surface area contributed by atoms with Crippen molar-refractivity contribution in [2.45, 2.75) is 12.3 Å². The van der Waals surface area contributed by atoms with E-state index in [0.717, 1.165) is 27.8 Å². The topological polar surface area (TPSA) is 43.1 Å². The molecule has 0 saturated carbocycles. The van der Waals surface area contributed by atoms with Gasteiger partial charge >= 0.3 is 0 Å². The first-order chi connectivity index (χ1) is 13.9. The molecule has 28 heavy (non-hydrogen) atoms. The Hall–Kier alpha value is -3.31. The van der Waals surface area contributed by atoms with Crippen molar-refractivity contribution in [2.75, 3.05) is 0 Å². The van der Waals surface area contributed by atoms with Crippen LogP contribution in [0.15, 0.2) is 91.0 Å². The Balaban J connectivity index is 1.53. The third-order valence-corrected chi connectivity index (χ3v) is 5.77. The number of hydrogen-bond donors (Lipinski definition) is 0. The van der Waals surface area contributed by atoms with Crippen LogP contribution in [0.1, 0.15) is 22.1 Å². The standard InChI is InChI=1S/C23H18N4S/c1-4-10-17(11-5-1)20(18-12-6-2-7-13-18)16-21-26-27-22(24-25-23(27)28-21)19-14-8-3-9-15-19/h1-15,20H,16H2. The molecule has 0 amide bonds. The van der Waals surface area contributed by atoms with Gasteiger partial charge in [0.25, 0.3) is 0 Å². The van der Waals surface area contributed by atoms with E-state index in [-0.39, 0.29) is 5.92 Å². The van der Waals surface area contributed by atoms with Crippen molar-refractivity contribution >= 4 is 16.3 Å². The van der Waals surface area contributed by atoms with Crippen LogP contribution in [-0.2, 0) is 6.42 Å². The lowest BCUT2D eigenvalue weighted by Crippen LogP contribution is -2.05. The number of rotatable bonds is 5. The zero-order chi connectivity index (χ0) is 18.8. The summed E-state index contributed by atoms with van der Waals surface area (Å²) < 4.78 is 1.86. The molecule has 0 N–H and O–H groups in total. The highest BCUT2D eigenvalue weighted by Gasteiger charge is 2.19. The summed E-state index contributed by atoms with van der Waals surface area (Å²) in [6.07, 6.45) is 0.830. The van der Waals surface area contributed by atoms with Crippen LogP contribution < -0.4 is 0 Å². The fourth-order valence-electron chi connectivity index (χ4n) is 3.48. The average molecular weight is 382 g/mol. The monoisotopic (exact) mass is 382 g/mol. The molecule has 0 saturated heterocycles. The maximum Gasteiger partial charge on any atom is 0.234 e.